The second kappa shape index (κ2) is 27.5. The van der Waals surface area contributed by atoms with Crippen molar-refractivity contribution >= 4 is 99.2 Å². The van der Waals surface area contributed by atoms with E-state index in [1.807, 2.05) is 135 Å². The van der Waals surface area contributed by atoms with Crippen LogP contribution < -0.4 is 0 Å². The van der Waals surface area contributed by atoms with Gasteiger partial charge in [-0.05, 0) is 189 Å². The van der Waals surface area contributed by atoms with E-state index in [1.165, 1.54) is 33.5 Å². The number of nitrogens with zero attached hydrogens (tertiary/aromatic N) is 12. The molecule has 10 aromatic heterocycles. The minimum atomic E-state index is -0.312. The van der Waals surface area contributed by atoms with E-state index in [0.717, 1.165) is 172 Å². The molecule has 0 N–H and O–H groups in total. The van der Waals surface area contributed by atoms with Gasteiger partial charge in [0.1, 0.15) is 17.5 Å². The van der Waals surface area contributed by atoms with Crippen LogP contribution in [0.25, 0.3) is 150 Å². The zero-order chi connectivity index (χ0) is 83.9. The van der Waals surface area contributed by atoms with Crippen molar-refractivity contribution in [1.82, 2.24) is 57.7 Å². The Morgan fingerprint density at radius 1 is 0.304 bits per heavy atom. The molecule has 1 aliphatic carbocycles. The van der Waals surface area contributed by atoms with Gasteiger partial charge in [0.15, 0.2) is 11.6 Å². The van der Waals surface area contributed by atoms with E-state index in [9.17, 15) is 9.59 Å². The molecular weight excluding hydrogens is 1530 g/mol. The maximum atomic E-state index is 14.2. The van der Waals surface area contributed by atoms with Gasteiger partial charge >= 0.3 is 0 Å². The van der Waals surface area contributed by atoms with Gasteiger partial charge in [0, 0.05) is 137 Å². The summed E-state index contributed by atoms with van der Waals surface area (Å²) in [5, 5.41) is 5.32. The summed E-state index contributed by atoms with van der Waals surface area (Å²) in [6.45, 7) is 13.5. The van der Waals surface area contributed by atoms with Gasteiger partial charge in [-0.3, -0.25) is 43.2 Å². The summed E-state index contributed by atoms with van der Waals surface area (Å²) in [6, 6.07) is 107. The number of para-hydroxylation sites is 7. The third-order valence-corrected chi connectivity index (χ3v) is 26.8. The van der Waals surface area contributed by atoms with E-state index in [-0.39, 0.29) is 33.7 Å². The maximum absolute atomic E-state index is 14.2. The van der Waals surface area contributed by atoms with Crippen LogP contribution in [0, 0.1) is 0 Å². The molecule has 125 heavy (non-hydrogen) atoms. The Balaban J connectivity index is 0.000000107. The van der Waals surface area contributed by atoms with E-state index in [1.54, 1.807) is 0 Å². The lowest BCUT2D eigenvalue weighted by atomic mass is 9.74. The van der Waals surface area contributed by atoms with Gasteiger partial charge in [-0.15, -0.1) is 0 Å². The average molecular weight is 1610 g/mol. The number of rotatable bonds is 9. The number of benzene rings is 12. The molecule has 26 rings (SSSR count). The van der Waals surface area contributed by atoms with Gasteiger partial charge in [0.05, 0.1) is 84.2 Å². The summed E-state index contributed by atoms with van der Waals surface area (Å²) in [6.07, 6.45) is 15.2. The molecule has 4 aliphatic rings. The lowest BCUT2D eigenvalue weighted by Gasteiger charge is -2.34. The zero-order valence-electron chi connectivity index (χ0n) is 69.3. The Bertz CT molecular complexity index is 8310. The fourth-order valence-corrected chi connectivity index (χ4v) is 20.8. The molecular formula is C111H78N12O2. The molecule has 0 saturated carbocycles. The van der Waals surface area contributed by atoms with E-state index >= 15 is 0 Å². The molecule has 1 atom stereocenters. The molecule has 22 aromatic rings. The third kappa shape index (κ3) is 10.9. The Labute approximate surface area is 719 Å². The predicted octanol–water partition coefficient (Wildman–Crippen LogP) is 24.9. The van der Waals surface area contributed by atoms with E-state index in [2.05, 4.69) is 299 Å². The molecule has 0 bridgehead atoms. The quantitative estimate of drug-likeness (QED) is 0.129. The predicted molar refractivity (Wildman–Crippen MR) is 500 cm³/mol. The van der Waals surface area contributed by atoms with Crippen molar-refractivity contribution in [1.29, 1.82) is 0 Å². The first-order valence-electron chi connectivity index (χ1n) is 42.5. The Hall–Kier alpha value is -15.9. The van der Waals surface area contributed by atoms with Crippen molar-refractivity contribution in [3.05, 3.63) is 432 Å². The summed E-state index contributed by atoms with van der Waals surface area (Å²) in [4.78, 5) is 62.0. The van der Waals surface area contributed by atoms with Crippen molar-refractivity contribution in [2.75, 3.05) is 0 Å². The summed E-state index contributed by atoms with van der Waals surface area (Å²) in [5.41, 5.74) is 33.2. The minimum absolute atomic E-state index is 0.0236. The van der Waals surface area contributed by atoms with E-state index < -0.39 is 0 Å². The number of ketones is 2. The molecule has 0 saturated heterocycles. The number of aromatic nitrogens is 12. The van der Waals surface area contributed by atoms with Crippen LogP contribution in [0.5, 0.6) is 0 Å². The molecule has 0 spiro atoms. The van der Waals surface area contributed by atoms with Gasteiger partial charge in [0.2, 0.25) is 0 Å². The first kappa shape index (κ1) is 73.0. The van der Waals surface area contributed by atoms with Crippen LogP contribution in [0.1, 0.15) is 130 Å². The average Bonchev–Trinajstić information content (AvgIpc) is 1.56. The number of imidazole rings is 2. The smallest absolute Gasteiger partial charge is 0.193 e. The summed E-state index contributed by atoms with van der Waals surface area (Å²) in [7, 11) is 0. The first-order chi connectivity index (χ1) is 61.1. The number of pyridine rings is 5. The van der Waals surface area contributed by atoms with Gasteiger partial charge in [-0.2, -0.15) is 0 Å². The van der Waals surface area contributed by atoms with Crippen molar-refractivity contribution in [3.8, 4) is 62.2 Å². The molecule has 0 amide bonds. The summed E-state index contributed by atoms with van der Waals surface area (Å²) >= 11 is 0. The van der Waals surface area contributed by atoms with Crippen molar-refractivity contribution in [2.45, 2.75) is 63.7 Å². The second-order valence-corrected chi connectivity index (χ2v) is 34.7. The van der Waals surface area contributed by atoms with Crippen LogP contribution in [-0.2, 0) is 16.2 Å². The molecule has 0 fully saturated rings. The number of hydrogen-bond acceptors (Lipinski definition) is 9. The highest BCUT2D eigenvalue weighted by molar-refractivity contribution is 6.19. The highest BCUT2D eigenvalue weighted by Gasteiger charge is 2.42. The highest BCUT2D eigenvalue weighted by atomic mass is 16.1. The molecule has 0 radical (unpaired) electrons. The van der Waals surface area contributed by atoms with Crippen LogP contribution >= 0.6 is 0 Å². The molecule has 594 valence electrons. The molecule has 13 heterocycles. The molecule has 12 aromatic carbocycles. The first-order valence-corrected chi connectivity index (χ1v) is 42.5. The van der Waals surface area contributed by atoms with Crippen LogP contribution in [0.15, 0.2) is 359 Å². The SMILES string of the molecule is CC1(C)c2ccccc2-c2ccc(C(=O)c3cc4c5c(c3)c3ncccc3n5-c3ccccc3C4(C)C)cc21.CC1(C)c2cccnc2-n2c3cnccc3c3cc(C(=O)c4ccc(-c5ccccc5)cc4)cc1c32.c1ccc(-n2c(-c3ccc4c(c3)C(c3nc5ccccc5n3-c3ccccc3)c3cncc5c6cnccc6n-4c35)nc3ccccc32)cc1. The largest absolute Gasteiger partial charge is 0.308 e. The van der Waals surface area contributed by atoms with Crippen LogP contribution in [0.3, 0.4) is 0 Å². The number of hydrogen-bond donors (Lipinski definition) is 0. The molecule has 14 nitrogen and oxygen atoms in total. The number of carbonyl (C=O) groups is 2. The van der Waals surface area contributed by atoms with Crippen LogP contribution in [0.2, 0.25) is 0 Å². The van der Waals surface area contributed by atoms with Gasteiger partial charge in [-0.1, -0.05) is 217 Å². The van der Waals surface area contributed by atoms with Crippen LogP contribution in [0.4, 0.5) is 0 Å². The molecule has 14 heteroatoms. The van der Waals surface area contributed by atoms with Crippen molar-refractivity contribution in [2.24, 2.45) is 0 Å². The molecule has 1 unspecified atom stereocenters. The lowest BCUT2D eigenvalue weighted by Crippen LogP contribution is -2.27. The Morgan fingerprint density at radius 3 is 1.63 bits per heavy atom. The normalized spacial score (nSPS) is 14.3. The highest BCUT2D eigenvalue weighted by Crippen LogP contribution is 2.54. The Kier molecular flexibility index (Phi) is 16.1. The van der Waals surface area contributed by atoms with Crippen LogP contribution in [-0.4, -0.2) is 69.3 Å². The number of fused-ring (bicyclic) bond motifs is 20. The van der Waals surface area contributed by atoms with Gasteiger partial charge in [-0.25, -0.2) is 15.0 Å². The van der Waals surface area contributed by atoms with E-state index in [4.69, 9.17) is 24.9 Å². The maximum Gasteiger partial charge on any atom is 0.193 e. The fourth-order valence-electron chi connectivity index (χ4n) is 20.8. The topological polar surface area (TPSA) is 149 Å². The minimum Gasteiger partial charge on any atom is -0.308 e. The molecule has 3 aliphatic heterocycles. The van der Waals surface area contributed by atoms with Crippen molar-refractivity contribution < 1.29 is 9.59 Å². The third-order valence-electron chi connectivity index (χ3n) is 26.8. The lowest BCUT2D eigenvalue weighted by molar-refractivity contribution is 0.103. The zero-order valence-corrected chi connectivity index (χ0v) is 69.3. The monoisotopic (exact) mass is 1610 g/mol. The van der Waals surface area contributed by atoms with Crippen molar-refractivity contribution in [3.63, 3.8) is 0 Å². The number of carbonyl (C=O) groups excluding carboxylic acids is 2. The second-order valence-electron chi connectivity index (χ2n) is 34.7. The summed E-state index contributed by atoms with van der Waals surface area (Å²) < 4.78 is 11.5. The van der Waals surface area contributed by atoms with E-state index in [0.29, 0.717) is 16.7 Å². The standard InChI is InChI=1S/C43H27N7.C36H28N2O.C32H23N3O/c1-3-11-28(12-4-1)48-38-17-9-7-15-34(38)46-42(48)27-19-20-36-30(23-27)40(33-26-45-25-32-31-24-44-22-21-37(31)50(36)41(32)33)43-47-35-16-8-10-18-39(35)49(43)29-13-5-2-6-14-29;1-35(2)26-11-6-5-10-23(26)24-16-15-21(19-28(24)35)34(39)22-18-25-32-31(14-9-17-37-32)38-30-13-8-7-12-27(30)36(3,4)29(20-22)33(25)38;1-32(2)26-9-6-15-34-31(26)35-28-19-33-16-14-24(28)25-17-23(18-27(32)29(25)35)30(36)22-12-10-21(11-13-22)20-7-4-3-5-8-20/h1-26,40H;5-20H,1-4H3;3-19H,1-2H3. The fraction of sp³-hybridized carbons (Fsp3) is 0.0901. The van der Waals surface area contributed by atoms with Gasteiger partial charge in [0.25, 0.3) is 0 Å². The summed E-state index contributed by atoms with van der Waals surface area (Å²) in [5.74, 6) is 2.60. The van der Waals surface area contributed by atoms with Gasteiger partial charge < -0.3 is 9.13 Å². The Morgan fingerprint density at radius 2 is 0.856 bits per heavy atom.